The van der Waals surface area contributed by atoms with Crippen molar-refractivity contribution >= 4 is 11.7 Å². The lowest BCUT2D eigenvalue weighted by Crippen LogP contribution is -2.42. The zero-order valence-electron chi connectivity index (χ0n) is 5.44. The normalized spacial score (nSPS) is 15.9. The summed E-state index contributed by atoms with van der Waals surface area (Å²) in [7, 11) is 0. The fraction of sp³-hybridized carbons (Fsp3) is 0.600. The van der Waals surface area contributed by atoms with Crippen LogP contribution in [0.2, 0.25) is 0 Å². The van der Waals surface area contributed by atoms with Crippen LogP contribution in [0.25, 0.3) is 0 Å². The third-order valence-electron chi connectivity index (χ3n) is 1.01. The van der Waals surface area contributed by atoms with E-state index >= 15 is 0 Å². The molecule has 0 saturated heterocycles. The van der Waals surface area contributed by atoms with Gasteiger partial charge in [0.1, 0.15) is 6.10 Å². The highest BCUT2D eigenvalue weighted by Gasteiger charge is 2.24. The first-order chi connectivity index (χ1) is 4.46. The highest BCUT2D eigenvalue weighted by atomic mass is 16.3. The Morgan fingerprint density at radius 1 is 1.30 bits per heavy atom. The summed E-state index contributed by atoms with van der Waals surface area (Å²) in [6, 6.07) is 0. The van der Waals surface area contributed by atoms with Gasteiger partial charge in [0.05, 0.1) is 0 Å². The second-order valence-electron chi connectivity index (χ2n) is 1.90. The minimum absolute atomic E-state index is 0.689. The molecular formula is C5H9NO4. The van der Waals surface area contributed by atoms with Gasteiger partial charge in [0.15, 0.2) is 11.9 Å². The third kappa shape index (κ3) is 2.12. The maximum atomic E-state index is 10.3. The van der Waals surface area contributed by atoms with Crippen molar-refractivity contribution in [2.24, 2.45) is 5.73 Å². The van der Waals surface area contributed by atoms with E-state index in [0.29, 0.717) is 0 Å². The molecule has 0 bridgehead atoms. The highest BCUT2D eigenvalue weighted by Crippen LogP contribution is 1.92. The maximum Gasteiger partial charge on any atom is 0.249 e. The van der Waals surface area contributed by atoms with E-state index in [1.807, 2.05) is 0 Å². The van der Waals surface area contributed by atoms with E-state index in [9.17, 15) is 9.59 Å². The molecule has 1 amide bonds. The first-order valence-electron chi connectivity index (χ1n) is 2.62. The second-order valence-corrected chi connectivity index (χ2v) is 1.90. The summed E-state index contributed by atoms with van der Waals surface area (Å²) in [6.07, 6.45) is -3.49. The molecule has 0 aromatic heterocycles. The summed E-state index contributed by atoms with van der Waals surface area (Å²) in [5.74, 6) is -1.80. The number of aliphatic hydroxyl groups excluding tert-OH is 2. The van der Waals surface area contributed by atoms with Gasteiger partial charge in [-0.05, 0) is 6.92 Å². The Hall–Kier alpha value is -0.940. The van der Waals surface area contributed by atoms with Gasteiger partial charge in [-0.15, -0.1) is 0 Å². The number of primary amides is 1. The average molecular weight is 147 g/mol. The minimum atomic E-state index is -1.79. The van der Waals surface area contributed by atoms with Crippen LogP contribution in [0.4, 0.5) is 0 Å². The summed E-state index contributed by atoms with van der Waals surface area (Å²) >= 11 is 0. The van der Waals surface area contributed by atoms with E-state index in [-0.39, 0.29) is 0 Å². The summed E-state index contributed by atoms with van der Waals surface area (Å²) in [5, 5.41) is 17.3. The number of aliphatic hydroxyl groups is 2. The van der Waals surface area contributed by atoms with Gasteiger partial charge in [0.2, 0.25) is 5.91 Å². The number of amides is 1. The molecule has 0 heterocycles. The van der Waals surface area contributed by atoms with Gasteiger partial charge in [0.25, 0.3) is 0 Å². The van der Waals surface area contributed by atoms with E-state index < -0.39 is 23.9 Å². The summed E-state index contributed by atoms with van der Waals surface area (Å²) < 4.78 is 0. The molecule has 2 atom stereocenters. The van der Waals surface area contributed by atoms with Crippen molar-refractivity contribution in [2.75, 3.05) is 0 Å². The van der Waals surface area contributed by atoms with Crippen molar-refractivity contribution in [3.8, 4) is 0 Å². The Balaban J connectivity index is 4.07. The zero-order chi connectivity index (χ0) is 8.31. The number of rotatable bonds is 3. The van der Waals surface area contributed by atoms with Crippen LogP contribution in [-0.2, 0) is 9.59 Å². The van der Waals surface area contributed by atoms with E-state index in [0.717, 1.165) is 6.92 Å². The Bertz CT molecular complexity index is 138. The molecule has 0 aromatic rings. The Morgan fingerprint density at radius 3 is 1.80 bits per heavy atom. The van der Waals surface area contributed by atoms with Crippen molar-refractivity contribution in [1.29, 1.82) is 0 Å². The molecule has 2 unspecified atom stereocenters. The van der Waals surface area contributed by atoms with Crippen molar-refractivity contribution in [1.82, 2.24) is 0 Å². The molecule has 10 heavy (non-hydrogen) atoms. The molecule has 0 fully saturated rings. The molecule has 0 aromatic carbocycles. The summed E-state index contributed by atoms with van der Waals surface area (Å²) in [5.41, 5.74) is 4.57. The Labute approximate surface area is 57.5 Å². The van der Waals surface area contributed by atoms with Crippen molar-refractivity contribution in [3.63, 3.8) is 0 Å². The summed E-state index contributed by atoms with van der Waals surface area (Å²) in [6.45, 7) is 1.05. The van der Waals surface area contributed by atoms with Crippen LogP contribution in [-0.4, -0.2) is 34.1 Å². The van der Waals surface area contributed by atoms with Gasteiger partial charge in [0, 0.05) is 0 Å². The lowest BCUT2D eigenvalue weighted by atomic mass is 10.1. The van der Waals surface area contributed by atoms with Crippen LogP contribution >= 0.6 is 0 Å². The molecule has 4 N–H and O–H groups in total. The predicted molar refractivity (Wildman–Crippen MR) is 31.9 cm³/mol. The third-order valence-corrected chi connectivity index (χ3v) is 1.01. The summed E-state index contributed by atoms with van der Waals surface area (Å²) in [4.78, 5) is 20.4. The lowest BCUT2D eigenvalue weighted by molar-refractivity contribution is -0.141. The molecule has 5 nitrogen and oxygen atoms in total. The Morgan fingerprint density at radius 2 is 1.70 bits per heavy atom. The molecule has 0 aliphatic rings. The molecule has 0 rings (SSSR count). The van der Waals surface area contributed by atoms with E-state index in [2.05, 4.69) is 5.73 Å². The number of nitrogens with two attached hydrogens (primary N) is 1. The van der Waals surface area contributed by atoms with Crippen LogP contribution in [0.5, 0.6) is 0 Å². The van der Waals surface area contributed by atoms with Crippen LogP contribution in [0, 0.1) is 0 Å². The van der Waals surface area contributed by atoms with Gasteiger partial charge in [-0.25, -0.2) is 0 Å². The number of hydrogen-bond donors (Lipinski definition) is 3. The molecule has 0 radical (unpaired) electrons. The van der Waals surface area contributed by atoms with Gasteiger partial charge in [-0.3, -0.25) is 9.59 Å². The minimum Gasteiger partial charge on any atom is -0.382 e. The molecule has 0 saturated carbocycles. The molecule has 58 valence electrons. The first-order valence-corrected chi connectivity index (χ1v) is 2.62. The van der Waals surface area contributed by atoms with E-state index in [1.165, 1.54) is 0 Å². The fourth-order valence-electron chi connectivity index (χ4n) is 0.378. The van der Waals surface area contributed by atoms with E-state index in [4.69, 9.17) is 10.2 Å². The number of carbonyl (C=O) groups is 2. The molecular weight excluding hydrogens is 138 g/mol. The number of carbonyl (C=O) groups excluding carboxylic acids is 2. The van der Waals surface area contributed by atoms with Crippen molar-refractivity contribution in [2.45, 2.75) is 19.1 Å². The molecule has 0 spiro atoms. The smallest absolute Gasteiger partial charge is 0.249 e. The van der Waals surface area contributed by atoms with Crippen molar-refractivity contribution < 1.29 is 19.8 Å². The maximum absolute atomic E-state index is 10.3. The number of hydrogen-bond acceptors (Lipinski definition) is 4. The van der Waals surface area contributed by atoms with Gasteiger partial charge >= 0.3 is 0 Å². The fourth-order valence-corrected chi connectivity index (χ4v) is 0.378. The Kier molecular flexibility index (Phi) is 2.98. The predicted octanol–water partition coefficient (Wildman–Crippen LogP) is -2.22. The number of Topliss-reactive ketones (excluding diaryl/α,β-unsaturated/α-hetero) is 1. The van der Waals surface area contributed by atoms with Crippen LogP contribution in [0.15, 0.2) is 0 Å². The first kappa shape index (κ1) is 9.06. The largest absolute Gasteiger partial charge is 0.382 e. The quantitative estimate of drug-likeness (QED) is 0.421. The average Bonchev–Trinajstić information content (AvgIpc) is 1.84. The topological polar surface area (TPSA) is 101 Å². The SMILES string of the molecule is CC(=O)C(O)C(O)C(N)=O. The van der Waals surface area contributed by atoms with Gasteiger partial charge in [-0.1, -0.05) is 0 Å². The van der Waals surface area contributed by atoms with Gasteiger partial charge in [-0.2, -0.15) is 0 Å². The molecule has 0 aliphatic heterocycles. The zero-order valence-corrected chi connectivity index (χ0v) is 5.44. The van der Waals surface area contributed by atoms with Crippen LogP contribution in [0.3, 0.4) is 0 Å². The monoisotopic (exact) mass is 147 g/mol. The number of ketones is 1. The second kappa shape index (κ2) is 3.28. The van der Waals surface area contributed by atoms with E-state index in [1.54, 1.807) is 0 Å². The molecule has 5 heteroatoms. The lowest BCUT2D eigenvalue weighted by Gasteiger charge is -2.09. The standard InChI is InChI=1S/C5H9NO4/c1-2(7)3(8)4(9)5(6)10/h3-4,8-9H,1H3,(H2,6,10). The van der Waals surface area contributed by atoms with Crippen LogP contribution in [0.1, 0.15) is 6.92 Å². The highest BCUT2D eigenvalue weighted by molar-refractivity contribution is 5.89. The van der Waals surface area contributed by atoms with Crippen LogP contribution < -0.4 is 5.73 Å². The van der Waals surface area contributed by atoms with Gasteiger partial charge < -0.3 is 15.9 Å². The molecule has 0 aliphatic carbocycles. The van der Waals surface area contributed by atoms with Crippen molar-refractivity contribution in [3.05, 3.63) is 0 Å².